The van der Waals surface area contributed by atoms with Gasteiger partial charge in [0, 0.05) is 18.2 Å². The van der Waals surface area contributed by atoms with E-state index in [4.69, 9.17) is 20.9 Å². The van der Waals surface area contributed by atoms with Crippen LogP contribution in [0, 0.1) is 6.92 Å². The van der Waals surface area contributed by atoms with E-state index < -0.39 is 0 Å². The predicted molar refractivity (Wildman–Crippen MR) is 83.9 cm³/mol. The molecule has 0 aliphatic carbocycles. The van der Waals surface area contributed by atoms with Gasteiger partial charge >= 0.3 is 5.69 Å². The standard InChI is InChI=1S/C15H15ClN4O3/c1-10-5-11(16)3-4-14(10)20-9-17-15(21)19(20)7-12-6-13(8-22-2)23-18-12/h3-6,9H,7-8H2,1-2H3. The Bertz CT molecular complexity index is 881. The minimum Gasteiger partial charge on any atom is -0.377 e. The average molecular weight is 335 g/mol. The Morgan fingerprint density at radius 3 is 2.91 bits per heavy atom. The molecule has 7 nitrogen and oxygen atoms in total. The van der Waals surface area contributed by atoms with Gasteiger partial charge in [-0.05, 0) is 30.7 Å². The molecule has 120 valence electrons. The molecule has 0 bridgehead atoms. The third kappa shape index (κ3) is 3.20. The highest BCUT2D eigenvalue weighted by Gasteiger charge is 2.12. The number of benzene rings is 1. The van der Waals surface area contributed by atoms with Crippen LogP contribution in [-0.4, -0.2) is 26.6 Å². The van der Waals surface area contributed by atoms with Crippen LogP contribution in [-0.2, 0) is 17.9 Å². The fraction of sp³-hybridized carbons (Fsp3) is 0.267. The van der Waals surface area contributed by atoms with E-state index in [-0.39, 0.29) is 12.2 Å². The largest absolute Gasteiger partial charge is 0.377 e. The highest BCUT2D eigenvalue weighted by atomic mass is 35.5. The molecule has 3 aromatic rings. The van der Waals surface area contributed by atoms with Crippen LogP contribution in [0.4, 0.5) is 0 Å². The molecule has 0 fully saturated rings. The van der Waals surface area contributed by atoms with Crippen LogP contribution in [0.2, 0.25) is 5.02 Å². The molecular weight excluding hydrogens is 320 g/mol. The first-order valence-corrected chi connectivity index (χ1v) is 7.30. The Morgan fingerprint density at radius 2 is 2.17 bits per heavy atom. The van der Waals surface area contributed by atoms with Gasteiger partial charge in [0.05, 0.1) is 12.2 Å². The van der Waals surface area contributed by atoms with E-state index >= 15 is 0 Å². The second-order valence-electron chi connectivity index (χ2n) is 5.08. The number of ether oxygens (including phenoxy) is 1. The van der Waals surface area contributed by atoms with Gasteiger partial charge in [0.15, 0.2) is 5.76 Å². The molecular formula is C15H15ClN4O3. The monoisotopic (exact) mass is 334 g/mol. The van der Waals surface area contributed by atoms with Crippen molar-refractivity contribution in [1.82, 2.24) is 19.5 Å². The number of aryl methyl sites for hydroxylation is 1. The summed E-state index contributed by atoms with van der Waals surface area (Å²) in [5, 5.41) is 4.58. The highest BCUT2D eigenvalue weighted by Crippen LogP contribution is 2.18. The molecule has 0 spiro atoms. The first kappa shape index (κ1) is 15.5. The average Bonchev–Trinajstić information content (AvgIpc) is 3.09. The van der Waals surface area contributed by atoms with Crippen LogP contribution >= 0.6 is 11.6 Å². The lowest BCUT2D eigenvalue weighted by Gasteiger charge is -2.11. The molecule has 2 aromatic heterocycles. The number of hydrogen-bond donors (Lipinski definition) is 0. The predicted octanol–water partition coefficient (Wildman–Crippen LogP) is 2.18. The third-order valence-electron chi connectivity index (χ3n) is 3.37. The quantitative estimate of drug-likeness (QED) is 0.715. The summed E-state index contributed by atoms with van der Waals surface area (Å²) < 4.78 is 13.3. The van der Waals surface area contributed by atoms with E-state index in [1.165, 1.54) is 11.0 Å². The Labute approximate surface area is 137 Å². The molecule has 0 N–H and O–H groups in total. The summed E-state index contributed by atoms with van der Waals surface area (Å²) in [5.74, 6) is 0.601. The SMILES string of the molecule is COCc1cc(Cn2c(=O)ncn2-c2ccc(Cl)cc2C)no1. The summed E-state index contributed by atoms with van der Waals surface area (Å²) in [5.41, 5.74) is 2.01. The van der Waals surface area contributed by atoms with E-state index in [2.05, 4.69) is 10.1 Å². The zero-order chi connectivity index (χ0) is 16.4. The van der Waals surface area contributed by atoms with Gasteiger partial charge in [-0.2, -0.15) is 4.98 Å². The van der Waals surface area contributed by atoms with Gasteiger partial charge in [-0.25, -0.2) is 14.2 Å². The molecule has 0 saturated carbocycles. The number of rotatable bonds is 5. The third-order valence-corrected chi connectivity index (χ3v) is 3.61. The van der Waals surface area contributed by atoms with Gasteiger partial charge < -0.3 is 9.26 Å². The fourth-order valence-corrected chi connectivity index (χ4v) is 2.56. The Kier molecular flexibility index (Phi) is 4.31. The molecule has 0 radical (unpaired) electrons. The molecule has 0 unspecified atom stereocenters. The lowest BCUT2D eigenvalue weighted by atomic mass is 10.2. The maximum absolute atomic E-state index is 12.1. The summed E-state index contributed by atoms with van der Waals surface area (Å²) in [4.78, 5) is 15.9. The van der Waals surface area contributed by atoms with Crippen LogP contribution < -0.4 is 5.69 Å². The first-order chi connectivity index (χ1) is 11.1. The summed E-state index contributed by atoms with van der Waals surface area (Å²) in [6, 6.07) is 7.19. The highest BCUT2D eigenvalue weighted by molar-refractivity contribution is 6.30. The number of halogens is 1. The minimum atomic E-state index is -0.365. The van der Waals surface area contributed by atoms with Gasteiger partial charge in [0.2, 0.25) is 0 Å². The second kappa shape index (κ2) is 6.39. The van der Waals surface area contributed by atoms with Crippen LogP contribution in [0.25, 0.3) is 5.69 Å². The van der Waals surface area contributed by atoms with Crippen molar-refractivity contribution in [3.63, 3.8) is 0 Å². The van der Waals surface area contributed by atoms with Gasteiger partial charge in [-0.1, -0.05) is 16.8 Å². The normalized spacial score (nSPS) is 11.1. The smallest absolute Gasteiger partial charge is 0.364 e. The van der Waals surface area contributed by atoms with E-state index in [0.29, 0.717) is 23.1 Å². The molecule has 0 amide bonds. The molecule has 1 aromatic carbocycles. The van der Waals surface area contributed by atoms with Crippen molar-refractivity contribution in [2.75, 3.05) is 7.11 Å². The Balaban J connectivity index is 1.96. The second-order valence-corrected chi connectivity index (χ2v) is 5.51. The summed E-state index contributed by atoms with van der Waals surface area (Å²) in [6.07, 6.45) is 1.48. The zero-order valence-corrected chi connectivity index (χ0v) is 13.4. The van der Waals surface area contributed by atoms with E-state index in [1.807, 2.05) is 19.1 Å². The van der Waals surface area contributed by atoms with Crippen LogP contribution in [0.15, 0.2) is 39.9 Å². The topological polar surface area (TPSA) is 75.1 Å². The van der Waals surface area contributed by atoms with Crippen molar-refractivity contribution < 1.29 is 9.26 Å². The maximum atomic E-state index is 12.1. The molecule has 2 heterocycles. The van der Waals surface area contributed by atoms with Crippen LogP contribution in [0.1, 0.15) is 17.0 Å². The van der Waals surface area contributed by atoms with Crippen LogP contribution in [0.5, 0.6) is 0 Å². The van der Waals surface area contributed by atoms with E-state index in [9.17, 15) is 4.79 Å². The minimum absolute atomic E-state index is 0.244. The first-order valence-electron chi connectivity index (χ1n) is 6.93. The van der Waals surface area contributed by atoms with Crippen molar-refractivity contribution >= 4 is 11.6 Å². The summed E-state index contributed by atoms with van der Waals surface area (Å²) >= 11 is 5.98. The molecule has 8 heteroatoms. The van der Waals surface area contributed by atoms with Gasteiger partial charge in [-0.15, -0.1) is 0 Å². The van der Waals surface area contributed by atoms with Crippen molar-refractivity contribution in [3.8, 4) is 5.69 Å². The number of methoxy groups -OCH3 is 1. The van der Waals surface area contributed by atoms with Crippen molar-refractivity contribution in [2.24, 2.45) is 0 Å². The lowest BCUT2D eigenvalue weighted by Crippen LogP contribution is -2.24. The molecule has 23 heavy (non-hydrogen) atoms. The Hall–Kier alpha value is -2.38. The van der Waals surface area contributed by atoms with Crippen molar-refractivity contribution in [2.45, 2.75) is 20.1 Å². The molecule has 3 rings (SSSR count). The van der Waals surface area contributed by atoms with Crippen molar-refractivity contribution in [1.29, 1.82) is 0 Å². The Morgan fingerprint density at radius 1 is 1.35 bits per heavy atom. The van der Waals surface area contributed by atoms with E-state index in [1.54, 1.807) is 23.9 Å². The number of aromatic nitrogens is 4. The van der Waals surface area contributed by atoms with E-state index in [0.717, 1.165) is 11.3 Å². The zero-order valence-electron chi connectivity index (χ0n) is 12.7. The summed E-state index contributed by atoms with van der Waals surface area (Å²) in [7, 11) is 1.57. The van der Waals surface area contributed by atoms with Crippen molar-refractivity contribution in [3.05, 3.63) is 63.1 Å². The molecule has 0 saturated heterocycles. The molecule has 0 aliphatic rings. The summed E-state index contributed by atoms with van der Waals surface area (Å²) in [6.45, 7) is 2.49. The van der Waals surface area contributed by atoms with Gasteiger partial charge in [0.1, 0.15) is 18.6 Å². The molecule has 0 aliphatic heterocycles. The van der Waals surface area contributed by atoms with Crippen LogP contribution in [0.3, 0.4) is 0 Å². The van der Waals surface area contributed by atoms with Gasteiger partial charge in [0.25, 0.3) is 0 Å². The van der Waals surface area contributed by atoms with Gasteiger partial charge in [-0.3, -0.25) is 0 Å². The fourth-order valence-electron chi connectivity index (χ4n) is 2.33. The maximum Gasteiger partial charge on any atom is 0.364 e. The number of hydrogen-bond acceptors (Lipinski definition) is 5. The molecule has 0 atom stereocenters. The lowest BCUT2D eigenvalue weighted by molar-refractivity contribution is 0.155. The number of nitrogens with zero attached hydrogens (tertiary/aromatic N) is 4.